The second-order valence-electron chi connectivity index (χ2n) is 3.58. The van der Waals surface area contributed by atoms with Gasteiger partial charge in [0.15, 0.2) is 0 Å². The average Bonchev–Trinajstić information content (AvgIpc) is 2.57. The molecule has 1 aliphatic heterocycles. The highest BCUT2D eigenvalue weighted by Gasteiger charge is 2.13. The van der Waals surface area contributed by atoms with Crippen LogP contribution < -0.4 is 5.32 Å². The lowest BCUT2D eigenvalue weighted by atomic mass is 10.2. The summed E-state index contributed by atoms with van der Waals surface area (Å²) in [5, 5.41) is 3.62. The van der Waals surface area contributed by atoms with Crippen LogP contribution in [-0.2, 0) is 0 Å². The third-order valence-electron chi connectivity index (χ3n) is 2.39. The van der Waals surface area contributed by atoms with Gasteiger partial charge in [-0.1, -0.05) is 26.2 Å². The lowest BCUT2D eigenvalue weighted by Crippen LogP contribution is -2.29. The van der Waals surface area contributed by atoms with E-state index in [0.717, 1.165) is 6.04 Å². The summed E-state index contributed by atoms with van der Waals surface area (Å²) in [6.45, 7) is 3.51. The molecule has 72 valence electrons. The summed E-state index contributed by atoms with van der Waals surface area (Å²) in [5.74, 6) is 2.71. The summed E-state index contributed by atoms with van der Waals surface area (Å²) in [5.41, 5.74) is 0. The lowest BCUT2D eigenvalue weighted by molar-refractivity contribution is 0.527. The Labute approximate surface area is 80.7 Å². The van der Waals surface area contributed by atoms with E-state index in [4.69, 9.17) is 0 Å². The molecule has 1 aliphatic rings. The van der Waals surface area contributed by atoms with Crippen LogP contribution in [0.3, 0.4) is 0 Å². The third-order valence-corrected chi connectivity index (χ3v) is 3.56. The van der Waals surface area contributed by atoms with Gasteiger partial charge in [-0.05, 0) is 25.1 Å². The van der Waals surface area contributed by atoms with Crippen LogP contribution in [0.4, 0.5) is 0 Å². The Morgan fingerprint density at radius 2 is 2.25 bits per heavy atom. The number of rotatable bonds is 6. The van der Waals surface area contributed by atoms with E-state index in [-0.39, 0.29) is 0 Å². The van der Waals surface area contributed by atoms with Gasteiger partial charge in [0.05, 0.1) is 0 Å². The normalized spacial score (nSPS) is 23.2. The minimum absolute atomic E-state index is 0.830. The summed E-state index contributed by atoms with van der Waals surface area (Å²) in [7, 11) is 0. The summed E-state index contributed by atoms with van der Waals surface area (Å²) < 4.78 is 0. The van der Waals surface area contributed by atoms with Crippen LogP contribution >= 0.6 is 11.8 Å². The first-order valence-corrected chi connectivity index (χ1v) is 6.40. The van der Waals surface area contributed by atoms with Gasteiger partial charge in [0.2, 0.25) is 0 Å². The van der Waals surface area contributed by atoms with Crippen molar-refractivity contribution < 1.29 is 0 Å². The number of hydrogen-bond donors (Lipinski definition) is 1. The first-order chi connectivity index (χ1) is 5.93. The highest BCUT2D eigenvalue weighted by atomic mass is 32.2. The summed E-state index contributed by atoms with van der Waals surface area (Å²) >= 11 is 2.09. The van der Waals surface area contributed by atoms with E-state index in [0.29, 0.717) is 0 Å². The zero-order valence-corrected chi connectivity index (χ0v) is 8.96. The molecule has 0 bridgehead atoms. The molecule has 0 aliphatic carbocycles. The fraction of sp³-hybridized carbons (Fsp3) is 1.00. The van der Waals surface area contributed by atoms with Crippen molar-refractivity contribution >= 4 is 11.8 Å². The van der Waals surface area contributed by atoms with Gasteiger partial charge < -0.3 is 5.32 Å². The van der Waals surface area contributed by atoms with Crippen molar-refractivity contribution in [1.29, 1.82) is 0 Å². The van der Waals surface area contributed by atoms with E-state index in [9.17, 15) is 0 Å². The number of hydrogen-bond acceptors (Lipinski definition) is 2. The number of thioether (sulfide) groups is 1. The van der Waals surface area contributed by atoms with Gasteiger partial charge in [0, 0.05) is 11.8 Å². The van der Waals surface area contributed by atoms with Gasteiger partial charge in [-0.3, -0.25) is 0 Å². The molecule has 1 saturated heterocycles. The minimum atomic E-state index is 0.830. The monoisotopic (exact) mass is 187 g/mol. The van der Waals surface area contributed by atoms with Gasteiger partial charge in [0.1, 0.15) is 0 Å². The van der Waals surface area contributed by atoms with Crippen LogP contribution in [0.25, 0.3) is 0 Å². The lowest BCUT2D eigenvalue weighted by Gasteiger charge is -2.10. The maximum atomic E-state index is 3.62. The fourth-order valence-corrected chi connectivity index (χ4v) is 2.74. The minimum Gasteiger partial charge on any atom is -0.313 e. The molecule has 1 atom stereocenters. The van der Waals surface area contributed by atoms with E-state index in [1.807, 2.05) is 0 Å². The molecule has 12 heavy (non-hydrogen) atoms. The van der Waals surface area contributed by atoms with E-state index < -0.39 is 0 Å². The highest BCUT2D eigenvalue weighted by molar-refractivity contribution is 7.99. The molecule has 0 amide bonds. The standard InChI is InChI=1S/C10H21NS/c1-2-3-4-5-7-11-10-6-8-12-9-10/h10-11H,2-9H2,1H3/t10-/m0/s1. The molecule has 0 aromatic heterocycles. The SMILES string of the molecule is CCCCCCN[C@H]1CCSC1. The van der Waals surface area contributed by atoms with Gasteiger partial charge >= 0.3 is 0 Å². The predicted octanol–water partition coefficient (Wildman–Crippen LogP) is 2.66. The molecule has 0 spiro atoms. The van der Waals surface area contributed by atoms with Gasteiger partial charge in [-0.25, -0.2) is 0 Å². The predicted molar refractivity (Wildman–Crippen MR) is 57.9 cm³/mol. The van der Waals surface area contributed by atoms with Gasteiger partial charge in [0.25, 0.3) is 0 Å². The van der Waals surface area contributed by atoms with E-state index in [2.05, 4.69) is 24.0 Å². The maximum Gasteiger partial charge on any atom is 0.0166 e. The highest BCUT2D eigenvalue weighted by Crippen LogP contribution is 2.16. The molecule has 0 saturated carbocycles. The second kappa shape index (κ2) is 6.79. The van der Waals surface area contributed by atoms with Crippen LogP contribution in [0.5, 0.6) is 0 Å². The maximum absolute atomic E-state index is 3.62. The molecule has 0 aromatic carbocycles. The third kappa shape index (κ3) is 4.36. The van der Waals surface area contributed by atoms with E-state index >= 15 is 0 Å². The largest absolute Gasteiger partial charge is 0.313 e. The number of unbranched alkanes of at least 4 members (excludes halogenated alkanes) is 3. The van der Waals surface area contributed by atoms with Crippen molar-refractivity contribution in [1.82, 2.24) is 5.32 Å². The summed E-state index contributed by atoms with van der Waals surface area (Å²) in [6, 6.07) is 0.830. The molecule has 1 heterocycles. The first kappa shape index (κ1) is 10.4. The van der Waals surface area contributed by atoms with Crippen molar-refractivity contribution in [3.05, 3.63) is 0 Å². The molecule has 0 unspecified atom stereocenters. The smallest absolute Gasteiger partial charge is 0.0166 e. The Kier molecular flexibility index (Phi) is 5.88. The molecule has 1 rings (SSSR count). The zero-order valence-electron chi connectivity index (χ0n) is 8.14. The van der Waals surface area contributed by atoms with E-state index in [1.54, 1.807) is 0 Å². The van der Waals surface area contributed by atoms with E-state index in [1.165, 1.54) is 50.2 Å². The van der Waals surface area contributed by atoms with Crippen molar-refractivity contribution in [3.8, 4) is 0 Å². The van der Waals surface area contributed by atoms with Crippen molar-refractivity contribution in [2.45, 2.75) is 45.1 Å². The van der Waals surface area contributed by atoms with Crippen molar-refractivity contribution in [2.75, 3.05) is 18.1 Å². The van der Waals surface area contributed by atoms with Crippen molar-refractivity contribution in [2.24, 2.45) is 0 Å². The topological polar surface area (TPSA) is 12.0 Å². The first-order valence-electron chi connectivity index (χ1n) is 5.24. The van der Waals surface area contributed by atoms with Crippen LogP contribution in [0.15, 0.2) is 0 Å². The molecular weight excluding hydrogens is 166 g/mol. The molecule has 0 aromatic rings. The Bertz CT molecular complexity index is 100. The van der Waals surface area contributed by atoms with Crippen molar-refractivity contribution in [3.63, 3.8) is 0 Å². The number of nitrogens with one attached hydrogen (secondary N) is 1. The molecule has 1 N–H and O–H groups in total. The Hall–Kier alpha value is 0.310. The molecule has 1 fully saturated rings. The zero-order chi connectivity index (χ0) is 8.65. The van der Waals surface area contributed by atoms with Crippen LogP contribution in [0, 0.1) is 0 Å². The Morgan fingerprint density at radius 1 is 1.33 bits per heavy atom. The van der Waals surface area contributed by atoms with Crippen LogP contribution in [0.1, 0.15) is 39.0 Å². The van der Waals surface area contributed by atoms with Gasteiger partial charge in [-0.15, -0.1) is 0 Å². The summed E-state index contributed by atoms with van der Waals surface area (Å²) in [6.07, 6.45) is 6.91. The molecule has 2 heteroatoms. The molecular formula is C10H21NS. The quantitative estimate of drug-likeness (QED) is 0.642. The van der Waals surface area contributed by atoms with Gasteiger partial charge in [-0.2, -0.15) is 11.8 Å². The molecule has 0 radical (unpaired) electrons. The second-order valence-corrected chi connectivity index (χ2v) is 4.73. The average molecular weight is 187 g/mol. The molecule has 1 nitrogen and oxygen atoms in total. The Balaban J connectivity index is 1.81. The summed E-state index contributed by atoms with van der Waals surface area (Å²) in [4.78, 5) is 0. The fourth-order valence-electron chi connectivity index (χ4n) is 1.55. The van der Waals surface area contributed by atoms with Crippen LogP contribution in [0.2, 0.25) is 0 Å². The Morgan fingerprint density at radius 3 is 2.92 bits per heavy atom. The van der Waals surface area contributed by atoms with Crippen LogP contribution in [-0.4, -0.2) is 24.1 Å².